The summed E-state index contributed by atoms with van der Waals surface area (Å²) in [6.07, 6.45) is 6.14. The molecule has 34 heavy (non-hydrogen) atoms. The zero-order valence-electron chi connectivity index (χ0n) is 18.9. The number of carboxylic acid groups (broad SMARTS) is 1. The van der Waals surface area contributed by atoms with Gasteiger partial charge in [0.1, 0.15) is 11.5 Å². The number of amides is 3. The third-order valence-electron chi connectivity index (χ3n) is 5.72. The van der Waals surface area contributed by atoms with Crippen molar-refractivity contribution in [1.29, 1.82) is 0 Å². The normalized spacial score (nSPS) is 14.6. The average molecular weight is 459 g/mol. The number of imide groups is 1. The number of carboxylic acids is 1. The van der Waals surface area contributed by atoms with Gasteiger partial charge < -0.3 is 9.67 Å². The first-order valence-corrected chi connectivity index (χ1v) is 11.2. The van der Waals surface area contributed by atoms with E-state index in [0.717, 1.165) is 36.2 Å². The number of nitrogens with zero attached hydrogens (tertiary/aromatic N) is 3. The Balaban J connectivity index is 1.68. The van der Waals surface area contributed by atoms with Gasteiger partial charge in [-0.05, 0) is 35.8 Å². The van der Waals surface area contributed by atoms with Crippen LogP contribution in [-0.2, 0) is 24.3 Å². The summed E-state index contributed by atoms with van der Waals surface area (Å²) in [7, 11) is 0. The molecule has 0 atom stereocenters. The van der Waals surface area contributed by atoms with Crippen molar-refractivity contribution in [1.82, 2.24) is 19.8 Å². The molecule has 2 aromatic carbocycles. The molecule has 1 aliphatic heterocycles. The first kappa shape index (κ1) is 23.0. The highest BCUT2D eigenvalue weighted by atomic mass is 16.4. The fourth-order valence-corrected chi connectivity index (χ4v) is 3.86. The second-order valence-corrected chi connectivity index (χ2v) is 8.15. The van der Waals surface area contributed by atoms with E-state index in [2.05, 4.69) is 17.2 Å². The van der Waals surface area contributed by atoms with Crippen LogP contribution in [-0.4, -0.2) is 37.5 Å². The van der Waals surface area contributed by atoms with Crippen molar-refractivity contribution < 1.29 is 19.5 Å². The van der Waals surface area contributed by atoms with E-state index in [1.54, 1.807) is 36.5 Å². The number of nitrogens with one attached hydrogen (secondary N) is 1. The zero-order valence-corrected chi connectivity index (χ0v) is 18.9. The molecule has 3 aromatic rings. The Morgan fingerprint density at radius 2 is 1.74 bits per heavy atom. The number of imidazole rings is 1. The van der Waals surface area contributed by atoms with E-state index in [0.29, 0.717) is 12.2 Å². The lowest BCUT2D eigenvalue weighted by molar-refractivity contribution is -0.116. The fourth-order valence-electron chi connectivity index (χ4n) is 3.86. The molecule has 0 bridgehead atoms. The molecule has 3 amide bonds. The molecule has 0 radical (unpaired) electrons. The van der Waals surface area contributed by atoms with Crippen molar-refractivity contribution in [2.24, 2.45) is 0 Å². The number of aryl methyl sites for hydroxylation is 1. The van der Waals surface area contributed by atoms with Crippen LogP contribution in [0.4, 0.5) is 4.79 Å². The van der Waals surface area contributed by atoms with E-state index in [1.807, 2.05) is 34.9 Å². The molecule has 8 nitrogen and oxygen atoms in total. The minimum absolute atomic E-state index is 0.223. The first-order chi connectivity index (χ1) is 16.5. The maximum atomic E-state index is 12.6. The summed E-state index contributed by atoms with van der Waals surface area (Å²) in [5.74, 6) is -0.552. The van der Waals surface area contributed by atoms with Gasteiger partial charge >= 0.3 is 12.0 Å². The summed E-state index contributed by atoms with van der Waals surface area (Å²) in [4.78, 5) is 42.3. The maximum absolute atomic E-state index is 12.6. The largest absolute Gasteiger partial charge is 0.478 e. The van der Waals surface area contributed by atoms with Crippen molar-refractivity contribution in [3.05, 3.63) is 94.7 Å². The lowest BCUT2D eigenvalue weighted by atomic mass is 10.1. The molecule has 1 saturated heterocycles. The molecule has 2 heterocycles. The number of rotatable bonds is 9. The minimum Gasteiger partial charge on any atom is -0.478 e. The number of hydrogen-bond donors (Lipinski definition) is 2. The van der Waals surface area contributed by atoms with Gasteiger partial charge in [0.25, 0.3) is 5.91 Å². The van der Waals surface area contributed by atoms with E-state index in [1.165, 1.54) is 4.90 Å². The van der Waals surface area contributed by atoms with E-state index in [9.17, 15) is 14.4 Å². The van der Waals surface area contributed by atoms with Crippen LogP contribution < -0.4 is 5.32 Å². The number of aromatic carboxylic acids is 1. The van der Waals surface area contributed by atoms with E-state index in [4.69, 9.17) is 5.11 Å². The quantitative estimate of drug-likeness (QED) is 0.372. The Morgan fingerprint density at radius 3 is 2.41 bits per heavy atom. The topological polar surface area (TPSA) is 105 Å². The highest BCUT2D eigenvalue weighted by Gasteiger charge is 2.33. The van der Waals surface area contributed by atoms with Crippen LogP contribution in [0.15, 0.2) is 66.5 Å². The molecule has 174 valence electrons. The summed E-state index contributed by atoms with van der Waals surface area (Å²) in [5.41, 5.74) is 3.01. The number of aromatic nitrogens is 2. The summed E-state index contributed by atoms with van der Waals surface area (Å²) < 4.78 is 2.01. The lowest BCUT2D eigenvalue weighted by Gasteiger charge is -2.16. The van der Waals surface area contributed by atoms with Crippen molar-refractivity contribution in [2.45, 2.75) is 39.3 Å². The molecule has 0 saturated carbocycles. The summed E-state index contributed by atoms with van der Waals surface area (Å²) >= 11 is 0. The molecule has 0 aliphatic carbocycles. The SMILES string of the molecule is CCCCc1ncc(/C=C2\C(=O)NC(=O)N2Cc2ccccc2)n1Cc1ccc(C(=O)O)cc1. The number of urea groups is 1. The number of carbonyl (C=O) groups is 3. The Kier molecular flexibility index (Phi) is 6.87. The molecular formula is C26H26N4O4. The standard InChI is InChI=1S/C26H26N4O4/c1-2-3-9-23-27-15-21(29(23)16-19-10-12-20(13-11-19)25(32)33)14-22-24(31)28-26(34)30(22)17-18-7-5-4-6-8-18/h4-8,10-15H,2-3,9,16-17H2,1H3,(H,32,33)(H,28,31,34)/b22-14+. The van der Waals surface area contributed by atoms with Gasteiger partial charge in [-0.2, -0.15) is 0 Å². The first-order valence-electron chi connectivity index (χ1n) is 11.2. The van der Waals surface area contributed by atoms with Gasteiger partial charge in [0.2, 0.25) is 0 Å². The van der Waals surface area contributed by atoms with Gasteiger partial charge in [0.05, 0.1) is 24.0 Å². The van der Waals surface area contributed by atoms with E-state index in [-0.39, 0.29) is 17.8 Å². The third kappa shape index (κ3) is 5.06. The Morgan fingerprint density at radius 1 is 1.03 bits per heavy atom. The highest BCUT2D eigenvalue weighted by Crippen LogP contribution is 2.22. The summed E-state index contributed by atoms with van der Waals surface area (Å²) in [5, 5.41) is 11.5. The van der Waals surface area contributed by atoms with E-state index < -0.39 is 17.9 Å². The van der Waals surface area contributed by atoms with Crippen LogP contribution in [0, 0.1) is 0 Å². The van der Waals surface area contributed by atoms with Gasteiger partial charge in [-0.3, -0.25) is 15.0 Å². The maximum Gasteiger partial charge on any atom is 0.335 e. The summed E-state index contributed by atoms with van der Waals surface area (Å²) in [6, 6.07) is 15.7. The van der Waals surface area contributed by atoms with Crippen LogP contribution in [0.3, 0.4) is 0 Å². The lowest BCUT2D eigenvalue weighted by Crippen LogP contribution is -2.27. The van der Waals surface area contributed by atoms with Gasteiger partial charge in [0, 0.05) is 13.0 Å². The van der Waals surface area contributed by atoms with Crippen molar-refractivity contribution in [3.8, 4) is 0 Å². The smallest absolute Gasteiger partial charge is 0.335 e. The third-order valence-corrected chi connectivity index (χ3v) is 5.72. The zero-order chi connectivity index (χ0) is 24.1. The summed E-state index contributed by atoms with van der Waals surface area (Å²) in [6.45, 7) is 2.85. The predicted molar refractivity (Wildman–Crippen MR) is 127 cm³/mol. The Bertz CT molecular complexity index is 1230. The Labute approximate surface area is 197 Å². The molecule has 1 aromatic heterocycles. The molecule has 4 rings (SSSR count). The molecule has 0 spiro atoms. The average Bonchev–Trinajstić information content (AvgIpc) is 3.33. The van der Waals surface area contributed by atoms with Crippen LogP contribution in [0.25, 0.3) is 6.08 Å². The van der Waals surface area contributed by atoms with Gasteiger partial charge in [-0.25, -0.2) is 14.6 Å². The molecule has 0 unspecified atom stereocenters. The van der Waals surface area contributed by atoms with Crippen molar-refractivity contribution >= 4 is 24.0 Å². The van der Waals surface area contributed by atoms with Gasteiger partial charge in [-0.1, -0.05) is 55.8 Å². The monoisotopic (exact) mass is 458 g/mol. The number of unbranched alkanes of at least 4 members (excludes halogenated alkanes) is 1. The van der Waals surface area contributed by atoms with E-state index >= 15 is 0 Å². The van der Waals surface area contributed by atoms with Crippen molar-refractivity contribution in [3.63, 3.8) is 0 Å². The molecule has 2 N–H and O–H groups in total. The highest BCUT2D eigenvalue weighted by molar-refractivity contribution is 6.13. The predicted octanol–water partition coefficient (Wildman–Crippen LogP) is 4.07. The Hall–Kier alpha value is -4.20. The minimum atomic E-state index is -0.973. The van der Waals surface area contributed by atoms with Crippen molar-refractivity contribution in [2.75, 3.05) is 0 Å². The molecule has 8 heteroatoms. The van der Waals surface area contributed by atoms with Gasteiger partial charge in [0.15, 0.2) is 0 Å². The van der Waals surface area contributed by atoms with Crippen LogP contribution in [0.5, 0.6) is 0 Å². The second-order valence-electron chi connectivity index (χ2n) is 8.15. The molecular weight excluding hydrogens is 432 g/mol. The van der Waals surface area contributed by atoms with Crippen LogP contribution >= 0.6 is 0 Å². The molecule has 1 aliphatic rings. The number of carbonyl (C=O) groups excluding carboxylic acids is 2. The van der Waals surface area contributed by atoms with Crippen LogP contribution in [0.2, 0.25) is 0 Å². The second kappa shape index (κ2) is 10.2. The number of benzene rings is 2. The number of hydrogen-bond acceptors (Lipinski definition) is 4. The van der Waals surface area contributed by atoms with Gasteiger partial charge in [-0.15, -0.1) is 0 Å². The molecule has 1 fully saturated rings. The van der Waals surface area contributed by atoms with Crippen LogP contribution in [0.1, 0.15) is 52.8 Å². The fraction of sp³-hybridized carbons (Fsp3) is 0.231.